The molecule has 1 unspecified atom stereocenters. The average molecular weight is 311 g/mol. The number of hydrogen-bond donors (Lipinski definition) is 1. The minimum atomic E-state index is -1.56. The predicted octanol–water partition coefficient (Wildman–Crippen LogP) is 3.02. The van der Waals surface area contributed by atoms with E-state index in [1.54, 1.807) is 11.8 Å². The van der Waals surface area contributed by atoms with Crippen molar-refractivity contribution in [3.05, 3.63) is 0 Å². The molecule has 21 heavy (non-hydrogen) atoms. The normalized spacial score (nSPS) is 22.3. The molecule has 1 aliphatic heterocycles. The SMILES string of the molecule is CC(C)(C)OC(=O)N1CCC[C@H]1C(C)(O)C#C[Si](C)(C)C. The van der Waals surface area contributed by atoms with E-state index in [0.717, 1.165) is 12.8 Å². The summed E-state index contributed by atoms with van der Waals surface area (Å²) in [7, 11) is -1.56. The van der Waals surface area contributed by atoms with Crippen molar-refractivity contribution >= 4 is 14.2 Å². The van der Waals surface area contributed by atoms with Crippen molar-refractivity contribution in [2.45, 2.75) is 77.4 Å². The summed E-state index contributed by atoms with van der Waals surface area (Å²) >= 11 is 0. The van der Waals surface area contributed by atoms with Gasteiger partial charge in [-0.2, -0.15) is 0 Å². The predicted molar refractivity (Wildman–Crippen MR) is 87.7 cm³/mol. The van der Waals surface area contributed by atoms with Gasteiger partial charge in [-0.1, -0.05) is 25.6 Å². The summed E-state index contributed by atoms with van der Waals surface area (Å²) in [6.07, 6.45) is 1.27. The van der Waals surface area contributed by atoms with E-state index in [2.05, 4.69) is 31.1 Å². The highest BCUT2D eigenvalue weighted by Crippen LogP contribution is 2.28. The third-order valence-electron chi connectivity index (χ3n) is 3.22. The molecule has 1 rings (SSSR count). The standard InChI is InChI=1S/C16H29NO3Si/c1-15(2,3)20-14(18)17-11-8-9-13(17)16(4,19)10-12-21(5,6)7/h13,19H,8-9,11H2,1-7H3/t13-,16?/m0/s1. The summed E-state index contributed by atoms with van der Waals surface area (Å²) in [6, 6.07) is -0.295. The Hall–Kier alpha value is -0.993. The summed E-state index contributed by atoms with van der Waals surface area (Å²) in [5.41, 5.74) is 1.49. The Bertz CT molecular complexity index is 449. The van der Waals surface area contributed by atoms with Gasteiger partial charge in [0.05, 0.1) is 6.04 Å². The van der Waals surface area contributed by atoms with Gasteiger partial charge in [-0.05, 0) is 40.5 Å². The number of carbonyl (C=O) groups excluding carboxylic acids is 1. The number of amides is 1. The Kier molecular flexibility index (Phi) is 5.17. The number of rotatable bonds is 1. The van der Waals surface area contributed by atoms with E-state index in [1.165, 1.54) is 0 Å². The molecule has 0 aliphatic carbocycles. The number of aliphatic hydroxyl groups is 1. The molecule has 1 heterocycles. The number of ether oxygens (including phenoxy) is 1. The van der Waals surface area contributed by atoms with Crippen LogP contribution in [-0.4, -0.2) is 48.0 Å². The van der Waals surface area contributed by atoms with Crippen molar-refractivity contribution in [1.82, 2.24) is 4.90 Å². The highest BCUT2D eigenvalue weighted by atomic mass is 28.3. The van der Waals surface area contributed by atoms with Crippen LogP contribution in [0.5, 0.6) is 0 Å². The first-order chi connectivity index (χ1) is 9.32. The third-order valence-corrected chi connectivity index (χ3v) is 4.10. The highest BCUT2D eigenvalue weighted by Gasteiger charge is 2.42. The van der Waals surface area contributed by atoms with Crippen LogP contribution in [0.25, 0.3) is 0 Å². The Balaban J connectivity index is 2.89. The molecule has 1 saturated heterocycles. The second-order valence-corrected chi connectivity index (χ2v) is 12.7. The molecule has 0 aromatic heterocycles. The van der Waals surface area contributed by atoms with Crippen LogP contribution < -0.4 is 0 Å². The van der Waals surface area contributed by atoms with Crippen molar-refractivity contribution in [3.8, 4) is 11.5 Å². The Morgan fingerprint density at radius 1 is 1.29 bits per heavy atom. The molecule has 0 radical (unpaired) electrons. The first-order valence-corrected chi connectivity index (χ1v) is 11.1. The Morgan fingerprint density at radius 3 is 2.33 bits per heavy atom. The van der Waals surface area contributed by atoms with Crippen molar-refractivity contribution in [2.24, 2.45) is 0 Å². The molecule has 1 amide bonds. The van der Waals surface area contributed by atoms with E-state index < -0.39 is 19.3 Å². The van der Waals surface area contributed by atoms with Gasteiger partial charge >= 0.3 is 6.09 Å². The Morgan fingerprint density at radius 2 is 1.86 bits per heavy atom. The van der Waals surface area contributed by atoms with Crippen molar-refractivity contribution in [3.63, 3.8) is 0 Å². The zero-order valence-corrected chi connectivity index (χ0v) is 15.4. The van der Waals surface area contributed by atoms with Gasteiger partial charge in [-0.25, -0.2) is 4.79 Å². The second kappa shape index (κ2) is 6.02. The van der Waals surface area contributed by atoms with Crippen molar-refractivity contribution < 1.29 is 14.6 Å². The fourth-order valence-electron chi connectivity index (χ4n) is 2.29. The lowest BCUT2D eigenvalue weighted by molar-refractivity contribution is -0.00816. The smallest absolute Gasteiger partial charge is 0.410 e. The van der Waals surface area contributed by atoms with Crippen molar-refractivity contribution in [2.75, 3.05) is 6.54 Å². The lowest BCUT2D eigenvalue weighted by Gasteiger charge is -2.34. The molecule has 120 valence electrons. The molecule has 0 aromatic carbocycles. The maximum atomic E-state index is 12.3. The molecule has 0 spiro atoms. The minimum Gasteiger partial charge on any atom is -0.444 e. The molecule has 0 aromatic rings. The largest absolute Gasteiger partial charge is 0.444 e. The second-order valence-electron chi connectivity index (χ2n) is 7.98. The van der Waals surface area contributed by atoms with Gasteiger partial charge < -0.3 is 14.7 Å². The first-order valence-electron chi connectivity index (χ1n) is 7.58. The third kappa shape index (κ3) is 5.72. The van der Waals surface area contributed by atoms with Gasteiger partial charge in [0.1, 0.15) is 19.3 Å². The van der Waals surface area contributed by atoms with E-state index in [-0.39, 0.29) is 12.1 Å². The minimum absolute atomic E-state index is 0.295. The zero-order valence-electron chi connectivity index (χ0n) is 14.4. The lowest BCUT2D eigenvalue weighted by Crippen LogP contribution is -2.50. The molecule has 5 heteroatoms. The zero-order chi connectivity index (χ0) is 16.5. The van der Waals surface area contributed by atoms with Crippen LogP contribution in [0, 0.1) is 11.5 Å². The van der Waals surface area contributed by atoms with Crippen LogP contribution in [0.3, 0.4) is 0 Å². The molecule has 0 saturated carbocycles. The number of hydrogen-bond acceptors (Lipinski definition) is 3. The summed E-state index contributed by atoms with van der Waals surface area (Å²) in [5.74, 6) is 3.01. The molecular formula is C16H29NO3Si. The molecular weight excluding hydrogens is 282 g/mol. The molecule has 4 nitrogen and oxygen atoms in total. The van der Waals surface area contributed by atoms with E-state index >= 15 is 0 Å². The molecule has 2 atom stereocenters. The molecule has 1 aliphatic rings. The van der Waals surface area contributed by atoms with Crippen LogP contribution >= 0.6 is 0 Å². The lowest BCUT2D eigenvalue weighted by atomic mass is 9.95. The van der Waals surface area contributed by atoms with Gasteiger partial charge in [0.25, 0.3) is 0 Å². The number of likely N-dealkylation sites (tertiary alicyclic amines) is 1. The van der Waals surface area contributed by atoms with Crippen LogP contribution in [0.15, 0.2) is 0 Å². The fraction of sp³-hybridized carbons (Fsp3) is 0.812. The van der Waals surface area contributed by atoms with E-state index in [1.807, 2.05) is 20.8 Å². The maximum absolute atomic E-state index is 12.3. The van der Waals surface area contributed by atoms with Crippen molar-refractivity contribution in [1.29, 1.82) is 0 Å². The van der Waals surface area contributed by atoms with E-state index in [0.29, 0.717) is 6.54 Å². The molecule has 1 N–H and O–H groups in total. The van der Waals surface area contributed by atoms with Gasteiger partial charge in [-0.3, -0.25) is 0 Å². The highest BCUT2D eigenvalue weighted by molar-refractivity contribution is 6.83. The van der Waals surface area contributed by atoms with Gasteiger partial charge in [0, 0.05) is 6.54 Å². The van der Waals surface area contributed by atoms with Crippen LogP contribution in [0.1, 0.15) is 40.5 Å². The van der Waals surface area contributed by atoms with Gasteiger partial charge in [0.2, 0.25) is 0 Å². The summed E-state index contributed by atoms with van der Waals surface area (Å²) in [6.45, 7) is 14.3. The molecule has 1 fully saturated rings. The van der Waals surface area contributed by atoms with E-state index in [9.17, 15) is 9.90 Å². The Labute approximate surface area is 129 Å². The van der Waals surface area contributed by atoms with Crippen LogP contribution in [0.2, 0.25) is 19.6 Å². The first kappa shape index (κ1) is 18.1. The quantitative estimate of drug-likeness (QED) is 0.598. The summed E-state index contributed by atoms with van der Waals surface area (Å²) < 4.78 is 5.43. The van der Waals surface area contributed by atoms with Gasteiger partial charge in [0.15, 0.2) is 0 Å². The van der Waals surface area contributed by atoms with Crippen LogP contribution in [-0.2, 0) is 4.74 Å². The summed E-state index contributed by atoms with van der Waals surface area (Å²) in [4.78, 5) is 13.9. The summed E-state index contributed by atoms with van der Waals surface area (Å²) in [5, 5.41) is 10.7. The van der Waals surface area contributed by atoms with Gasteiger partial charge in [-0.15, -0.1) is 5.54 Å². The topological polar surface area (TPSA) is 49.8 Å². The fourth-order valence-corrected chi connectivity index (χ4v) is 2.92. The average Bonchev–Trinajstić information content (AvgIpc) is 2.72. The number of nitrogens with zero attached hydrogens (tertiary/aromatic N) is 1. The number of carbonyl (C=O) groups is 1. The van der Waals surface area contributed by atoms with Crippen LogP contribution in [0.4, 0.5) is 4.79 Å². The maximum Gasteiger partial charge on any atom is 0.410 e. The molecule has 0 bridgehead atoms. The van der Waals surface area contributed by atoms with E-state index in [4.69, 9.17) is 4.74 Å². The monoisotopic (exact) mass is 311 g/mol.